The van der Waals surface area contributed by atoms with E-state index in [2.05, 4.69) is 5.10 Å². The van der Waals surface area contributed by atoms with Crippen molar-refractivity contribution in [1.82, 2.24) is 14.5 Å². The van der Waals surface area contributed by atoms with Crippen molar-refractivity contribution in [3.8, 4) is 0 Å². The van der Waals surface area contributed by atoms with E-state index in [0.717, 1.165) is 17.1 Å². The topological polar surface area (TPSA) is 142 Å². The van der Waals surface area contributed by atoms with Gasteiger partial charge in [-0.05, 0) is 0 Å². The maximum Gasteiger partial charge on any atom is 0.325 e. The Kier molecular flexibility index (Phi) is 4.78. The van der Waals surface area contributed by atoms with Gasteiger partial charge in [-0.25, -0.2) is 13.1 Å². The highest BCUT2D eigenvalue weighted by Gasteiger charge is 2.21. The zero-order valence-corrected chi connectivity index (χ0v) is 10.0. The van der Waals surface area contributed by atoms with Crippen molar-refractivity contribution in [1.29, 1.82) is 0 Å². The summed E-state index contributed by atoms with van der Waals surface area (Å²) < 4.78 is 26.4. The van der Waals surface area contributed by atoms with Gasteiger partial charge in [0.2, 0.25) is 10.0 Å². The third kappa shape index (κ3) is 3.77. The Morgan fingerprint density at radius 3 is 2.56 bits per heavy atom. The Balaban J connectivity index is 2.85. The predicted octanol–water partition coefficient (Wildman–Crippen LogP) is -2.40. The Morgan fingerprint density at radius 2 is 2.06 bits per heavy atom. The molecule has 9 nitrogen and oxygen atoms in total. The van der Waals surface area contributed by atoms with Gasteiger partial charge in [-0.15, -0.1) is 0 Å². The number of hydrogen-bond donors (Lipinski definition) is 4. The molecular formula is C8H13N3O6S. The second kappa shape index (κ2) is 5.91. The molecule has 0 radical (unpaired) electrons. The number of sulfonamides is 1. The summed E-state index contributed by atoms with van der Waals surface area (Å²) in [5, 5.41) is 29.6. The Morgan fingerprint density at radius 1 is 1.44 bits per heavy atom. The molecule has 1 rings (SSSR count). The second-order valence-electron chi connectivity index (χ2n) is 3.45. The van der Waals surface area contributed by atoms with Crippen molar-refractivity contribution in [3.63, 3.8) is 0 Å². The number of aliphatic carboxylic acids is 1. The molecule has 0 spiro atoms. The number of carboxylic acids is 1. The van der Waals surface area contributed by atoms with Crippen LogP contribution < -0.4 is 4.72 Å². The van der Waals surface area contributed by atoms with Crippen LogP contribution in [0, 0.1) is 0 Å². The van der Waals surface area contributed by atoms with Crippen LogP contribution in [0.2, 0.25) is 0 Å². The number of rotatable bonds is 7. The Bertz CT molecular complexity index is 507. The molecule has 1 aromatic heterocycles. The quantitative estimate of drug-likeness (QED) is 0.436. The average molecular weight is 279 g/mol. The molecule has 0 fully saturated rings. The summed E-state index contributed by atoms with van der Waals surface area (Å²) in [6.07, 6.45) is 2.03. The zero-order valence-electron chi connectivity index (χ0n) is 9.22. The maximum atomic E-state index is 11.7. The third-order valence-corrected chi connectivity index (χ3v) is 3.45. The van der Waals surface area contributed by atoms with Crippen molar-refractivity contribution in [3.05, 3.63) is 12.4 Å². The molecule has 1 aromatic rings. The molecular weight excluding hydrogens is 266 g/mol. The van der Waals surface area contributed by atoms with Gasteiger partial charge in [0.25, 0.3) is 0 Å². The monoisotopic (exact) mass is 279 g/mol. The fourth-order valence-corrected chi connectivity index (χ4v) is 2.30. The zero-order chi connectivity index (χ0) is 13.8. The van der Waals surface area contributed by atoms with E-state index in [0.29, 0.717) is 0 Å². The van der Waals surface area contributed by atoms with Crippen LogP contribution in [-0.4, -0.2) is 58.7 Å². The maximum absolute atomic E-state index is 11.7. The van der Waals surface area contributed by atoms with E-state index in [4.69, 9.17) is 15.3 Å². The van der Waals surface area contributed by atoms with Crippen molar-refractivity contribution in [2.24, 2.45) is 0 Å². The van der Waals surface area contributed by atoms with Crippen LogP contribution in [0.1, 0.15) is 0 Å². The summed E-state index contributed by atoms with van der Waals surface area (Å²) in [6, 6.07) is -1.02. The fraction of sp³-hybridized carbons (Fsp3) is 0.500. The second-order valence-corrected chi connectivity index (χ2v) is 5.16. The number of nitrogens with one attached hydrogen (secondary N) is 1. The van der Waals surface area contributed by atoms with E-state index < -0.39 is 41.8 Å². The van der Waals surface area contributed by atoms with Crippen LogP contribution >= 0.6 is 0 Å². The summed E-state index contributed by atoms with van der Waals surface area (Å²) in [5.41, 5.74) is 0. The highest BCUT2D eigenvalue weighted by atomic mass is 32.2. The van der Waals surface area contributed by atoms with Crippen LogP contribution in [0.4, 0.5) is 0 Å². The van der Waals surface area contributed by atoms with Crippen LogP contribution in [-0.2, 0) is 21.4 Å². The summed E-state index contributed by atoms with van der Waals surface area (Å²) in [5.74, 6) is -1.15. The minimum absolute atomic E-state index is 0.240. The van der Waals surface area contributed by atoms with E-state index in [1.54, 1.807) is 0 Å². The number of carbonyl (C=O) groups is 1. The molecule has 0 amide bonds. The minimum Gasteiger partial charge on any atom is -0.480 e. The first kappa shape index (κ1) is 14.6. The lowest BCUT2D eigenvalue weighted by molar-refractivity contribution is -0.137. The first-order valence-corrected chi connectivity index (χ1v) is 6.35. The normalized spacial score (nSPS) is 11.9. The van der Waals surface area contributed by atoms with Gasteiger partial charge in [0.15, 0.2) is 0 Å². The first-order chi connectivity index (χ1) is 8.39. The molecule has 4 N–H and O–H groups in total. The highest BCUT2D eigenvalue weighted by molar-refractivity contribution is 7.89. The van der Waals surface area contributed by atoms with Gasteiger partial charge in [-0.1, -0.05) is 0 Å². The Hall–Kier alpha value is -1.49. The van der Waals surface area contributed by atoms with E-state index in [9.17, 15) is 13.2 Å². The third-order valence-electron chi connectivity index (χ3n) is 1.98. The average Bonchev–Trinajstić information content (AvgIpc) is 2.74. The summed E-state index contributed by atoms with van der Waals surface area (Å²) >= 11 is 0. The lowest BCUT2D eigenvalue weighted by atomic mass is 10.4. The van der Waals surface area contributed by atoms with Crippen molar-refractivity contribution in [2.45, 2.75) is 17.5 Å². The Labute approximate surface area is 103 Å². The first-order valence-electron chi connectivity index (χ1n) is 4.87. The van der Waals surface area contributed by atoms with Crippen LogP contribution in [0.3, 0.4) is 0 Å². The molecule has 0 atom stereocenters. The molecule has 102 valence electrons. The van der Waals surface area contributed by atoms with E-state index >= 15 is 0 Å². The van der Waals surface area contributed by atoms with Crippen LogP contribution in [0.25, 0.3) is 0 Å². The lowest BCUT2D eigenvalue weighted by Crippen LogP contribution is -2.39. The summed E-state index contributed by atoms with van der Waals surface area (Å²) in [7, 11) is -3.94. The molecule has 0 aromatic carbocycles. The van der Waals surface area contributed by atoms with Gasteiger partial charge < -0.3 is 15.3 Å². The van der Waals surface area contributed by atoms with Crippen LogP contribution in [0.5, 0.6) is 0 Å². The number of carboxylic acid groups (broad SMARTS) is 1. The minimum atomic E-state index is -3.94. The number of aromatic nitrogens is 2. The van der Waals surface area contributed by atoms with Crippen molar-refractivity contribution >= 4 is 16.0 Å². The van der Waals surface area contributed by atoms with E-state index in [-0.39, 0.29) is 4.90 Å². The lowest BCUT2D eigenvalue weighted by Gasteiger charge is -2.12. The summed E-state index contributed by atoms with van der Waals surface area (Å²) in [6.45, 7) is -1.57. The molecule has 0 aliphatic carbocycles. The molecule has 0 bridgehead atoms. The fourth-order valence-electron chi connectivity index (χ4n) is 1.13. The van der Waals surface area contributed by atoms with Gasteiger partial charge in [-0.3, -0.25) is 9.48 Å². The molecule has 0 unspecified atom stereocenters. The van der Waals surface area contributed by atoms with Crippen molar-refractivity contribution in [2.75, 3.05) is 13.2 Å². The van der Waals surface area contributed by atoms with Crippen LogP contribution in [0.15, 0.2) is 17.3 Å². The van der Waals surface area contributed by atoms with Gasteiger partial charge in [0.1, 0.15) is 11.4 Å². The van der Waals surface area contributed by atoms with E-state index in [1.165, 1.54) is 0 Å². The molecule has 18 heavy (non-hydrogen) atoms. The highest BCUT2D eigenvalue weighted by Crippen LogP contribution is 2.07. The van der Waals surface area contributed by atoms with Gasteiger partial charge in [0, 0.05) is 6.20 Å². The van der Waals surface area contributed by atoms with Gasteiger partial charge in [-0.2, -0.15) is 5.10 Å². The largest absolute Gasteiger partial charge is 0.480 e. The number of hydrogen-bond acceptors (Lipinski definition) is 6. The smallest absolute Gasteiger partial charge is 0.325 e. The van der Waals surface area contributed by atoms with Crippen molar-refractivity contribution < 1.29 is 28.5 Å². The SMILES string of the molecule is O=C(O)Cn1cc(S(=O)(=O)NC(CO)CO)cn1. The predicted molar refractivity (Wildman–Crippen MR) is 58.1 cm³/mol. The molecule has 0 aliphatic rings. The number of aliphatic hydroxyl groups excluding tert-OH is 2. The molecule has 0 aliphatic heterocycles. The standard InChI is InChI=1S/C8H13N3O6S/c12-4-6(5-13)10-18(16,17)7-1-9-11(2-7)3-8(14)15/h1-2,6,10,12-13H,3-5H2,(H,14,15). The van der Waals surface area contributed by atoms with Gasteiger partial charge >= 0.3 is 5.97 Å². The van der Waals surface area contributed by atoms with Gasteiger partial charge in [0.05, 0.1) is 25.5 Å². The number of nitrogens with zero attached hydrogens (tertiary/aromatic N) is 2. The molecule has 0 saturated carbocycles. The molecule has 10 heteroatoms. The number of aliphatic hydroxyl groups is 2. The molecule has 1 heterocycles. The molecule has 0 saturated heterocycles. The summed E-state index contributed by atoms with van der Waals surface area (Å²) in [4.78, 5) is 10.2. The van der Waals surface area contributed by atoms with E-state index in [1.807, 2.05) is 4.72 Å².